The Kier molecular flexibility index (Phi) is 5.02. The lowest BCUT2D eigenvalue weighted by Crippen LogP contribution is -2.52. The Morgan fingerprint density at radius 1 is 0.947 bits per heavy atom. The van der Waals surface area contributed by atoms with E-state index in [1.807, 2.05) is 0 Å². The zero-order chi connectivity index (χ0) is 14.8. The lowest BCUT2D eigenvalue weighted by atomic mass is 9.84. The van der Waals surface area contributed by atoms with E-state index >= 15 is 0 Å². The topological polar surface area (TPSA) is 0 Å². The minimum atomic E-state index is 0.604. The predicted molar refractivity (Wildman–Crippen MR) is 84.9 cm³/mol. The molecular formula is C17H34N2+2. The van der Waals surface area contributed by atoms with Gasteiger partial charge in [-0.2, -0.15) is 0 Å². The molecule has 1 aliphatic rings. The third-order valence-corrected chi connectivity index (χ3v) is 4.53. The summed E-state index contributed by atoms with van der Waals surface area (Å²) >= 11 is 0. The molecule has 0 radical (unpaired) electrons. The fourth-order valence-corrected chi connectivity index (χ4v) is 3.71. The smallest absolute Gasteiger partial charge is 0.111 e. The average Bonchev–Trinajstić information content (AvgIpc) is 2.64. The van der Waals surface area contributed by atoms with Crippen molar-refractivity contribution in [2.75, 3.05) is 42.3 Å². The van der Waals surface area contributed by atoms with Gasteiger partial charge in [-0.3, -0.25) is 0 Å². The third kappa shape index (κ3) is 3.70. The van der Waals surface area contributed by atoms with Crippen LogP contribution in [0.1, 0.15) is 26.7 Å². The minimum absolute atomic E-state index is 0.604. The Bertz CT molecular complexity index is 352. The van der Waals surface area contributed by atoms with Crippen LogP contribution in [0.2, 0.25) is 0 Å². The molecule has 3 atom stereocenters. The number of allylic oxidation sites excluding steroid dienone is 2. The van der Waals surface area contributed by atoms with E-state index in [4.69, 9.17) is 0 Å². The van der Waals surface area contributed by atoms with Crippen molar-refractivity contribution in [1.82, 2.24) is 0 Å². The molecule has 0 aromatic carbocycles. The van der Waals surface area contributed by atoms with Gasteiger partial charge in [0.25, 0.3) is 0 Å². The van der Waals surface area contributed by atoms with Gasteiger partial charge in [0, 0.05) is 6.42 Å². The molecule has 110 valence electrons. The van der Waals surface area contributed by atoms with Crippen LogP contribution in [-0.2, 0) is 0 Å². The van der Waals surface area contributed by atoms with Crippen LogP contribution in [0.4, 0.5) is 0 Å². The van der Waals surface area contributed by atoms with Crippen molar-refractivity contribution in [2.24, 2.45) is 5.92 Å². The summed E-state index contributed by atoms with van der Waals surface area (Å²) in [7, 11) is 13.9. The van der Waals surface area contributed by atoms with E-state index in [2.05, 4.69) is 74.4 Å². The maximum absolute atomic E-state index is 2.42. The second-order valence-corrected chi connectivity index (χ2v) is 7.71. The normalized spacial score (nSPS) is 23.4. The van der Waals surface area contributed by atoms with Crippen LogP contribution in [-0.4, -0.2) is 63.3 Å². The molecule has 0 amide bonds. The molecule has 2 heteroatoms. The lowest BCUT2D eigenvalue weighted by molar-refractivity contribution is -0.902. The molecule has 0 aromatic rings. The van der Waals surface area contributed by atoms with E-state index in [1.165, 1.54) is 12.8 Å². The molecule has 19 heavy (non-hydrogen) atoms. The van der Waals surface area contributed by atoms with E-state index in [1.54, 1.807) is 5.57 Å². The fraction of sp³-hybridized carbons (Fsp3) is 0.765. The standard InChI is InChI=1S/C17H34N2/c1-9-16(18(3,4)5)14-12-11-13-15(14)17(10-2)19(6,7)8/h11-14,16-17H,9-10H2,1-8H3/q+2. The molecule has 0 saturated heterocycles. The van der Waals surface area contributed by atoms with Crippen LogP contribution in [0.3, 0.4) is 0 Å². The number of hydrogen-bond donors (Lipinski definition) is 0. The highest BCUT2D eigenvalue weighted by Crippen LogP contribution is 2.35. The second-order valence-electron chi connectivity index (χ2n) is 7.71. The summed E-state index contributed by atoms with van der Waals surface area (Å²) in [6, 6.07) is 1.30. The summed E-state index contributed by atoms with van der Waals surface area (Å²) in [5.41, 5.74) is 1.63. The first-order valence-corrected chi connectivity index (χ1v) is 7.63. The van der Waals surface area contributed by atoms with Gasteiger partial charge in [-0.1, -0.05) is 32.1 Å². The molecule has 2 nitrogen and oxygen atoms in total. The van der Waals surface area contributed by atoms with Gasteiger partial charge in [0.15, 0.2) is 0 Å². The van der Waals surface area contributed by atoms with E-state index in [9.17, 15) is 0 Å². The molecule has 0 aliphatic heterocycles. The van der Waals surface area contributed by atoms with Gasteiger partial charge in [0.1, 0.15) is 6.04 Å². The molecule has 1 rings (SSSR count). The van der Waals surface area contributed by atoms with Crippen molar-refractivity contribution in [3.63, 3.8) is 0 Å². The molecule has 0 aromatic heterocycles. The van der Waals surface area contributed by atoms with Crippen molar-refractivity contribution >= 4 is 0 Å². The number of rotatable bonds is 6. The van der Waals surface area contributed by atoms with Gasteiger partial charge >= 0.3 is 0 Å². The summed E-state index contributed by atoms with van der Waals surface area (Å²) in [5.74, 6) is 0.604. The van der Waals surface area contributed by atoms with Crippen LogP contribution in [0.25, 0.3) is 0 Å². The summed E-state index contributed by atoms with van der Waals surface area (Å²) in [6.45, 7) is 4.64. The first-order chi connectivity index (χ1) is 8.62. The van der Waals surface area contributed by atoms with Gasteiger partial charge in [0.05, 0.1) is 54.2 Å². The number of nitrogens with zero attached hydrogens (tertiary/aromatic N) is 2. The Morgan fingerprint density at radius 3 is 1.89 bits per heavy atom. The fourth-order valence-electron chi connectivity index (χ4n) is 3.71. The first kappa shape index (κ1) is 16.5. The lowest BCUT2D eigenvalue weighted by Gasteiger charge is -2.42. The quantitative estimate of drug-likeness (QED) is 0.648. The Morgan fingerprint density at radius 2 is 1.53 bits per heavy atom. The van der Waals surface area contributed by atoms with Crippen LogP contribution < -0.4 is 0 Å². The van der Waals surface area contributed by atoms with Crippen LogP contribution >= 0.6 is 0 Å². The molecule has 0 heterocycles. The second kappa shape index (κ2) is 5.80. The molecule has 0 N–H and O–H groups in total. The zero-order valence-electron chi connectivity index (χ0n) is 14.3. The van der Waals surface area contributed by atoms with Crippen LogP contribution in [0.15, 0.2) is 23.8 Å². The van der Waals surface area contributed by atoms with Gasteiger partial charge in [0.2, 0.25) is 0 Å². The summed E-state index contributed by atoms with van der Waals surface area (Å²) in [6.07, 6.45) is 9.51. The highest BCUT2D eigenvalue weighted by molar-refractivity contribution is 5.31. The highest BCUT2D eigenvalue weighted by Gasteiger charge is 2.39. The SMILES string of the molecule is CCC(C1=CC=CC1C(CC)[N+](C)(C)C)[N+](C)(C)C. The molecule has 1 aliphatic carbocycles. The zero-order valence-corrected chi connectivity index (χ0v) is 14.3. The van der Waals surface area contributed by atoms with Crippen molar-refractivity contribution in [3.05, 3.63) is 23.8 Å². The predicted octanol–water partition coefficient (Wildman–Crippen LogP) is 3.07. The van der Waals surface area contributed by atoms with Gasteiger partial charge < -0.3 is 8.97 Å². The molecule has 0 fully saturated rings. The first-order valence-electron chi connectivity index (χ1n) is 7.63. The summed E-state index contributed by atoms with van der Waals surface area (Å²) in [4.78, 5) is 0. The highest BCUT2D eigenvalue weighted by atomic mass is 15.3. The molecule has 0 saturated carbocycles. The average molecular weight is 266 g/mol. The molecule has 3 unspecified atom stereocenters. The molecular weight excluding hydrogens is 232 g/mol. The van der Waals surface area contributed by atoms with Crippen molar-refractivity contribution in [3.8, 4) is 0 Å². The van der Waals surface area contributed by atoms with E-state index in [0.717, 1.165) is 8.97 Å². The molecule has 0 spiro atoms. The van der Waals surface area contributed by atoms with E-state index in [-0.39, 0.29) is 0 Å². The summed E-state index contributed by atoms with van der Waals surface area (Å²) in [5, 5.41) is 0. The largest absolute Gasteiger partial charge is 0.328 e. The Balaban J connectivity index is 3.04. The Labute approximate surface area is 120 Å². The maximum atomic E-state index is 2.42. The van der Waals surface area contributed by atoms with Gasteiger partial charge in [-0.15, -0.1) is 0 Å². The minimum Gasteiger partial charge on any atom is -0.328 e. The van der Waals surface area contributed by atoms with Gasteiger partial charge in [-0.25, -0.2) is 0 Å². The molecule has 0 bridgehead atoms. The number of likely N-dealkylation sites (N-methyl/N-ethyl adjacent to an activating group) is 1. The van der Waals surface area contributed by atoms with Crippen molar-refractivity contribution < 1.29 is 8.97 Å². The number of quaternary nitrogens is 2. The van der Waals surface area contributed by atoms with Crippen molar-refractivity contribution in [1.29, 1.82) is 0 Å². The number of hydrogen-bond acceptors (Lipinski definition) is 0. The maximum Gasteiger partial charge on any atom is 0.111 e. The van der Waals surface area contributed by atoms with Crippen molar-refractivity contribution in [2.45, 2.75) is 38.8 Å². The summed E-state index contributed by atoms with van der Waals surface area (Å²) < 4.78 is 2.06. The van der Waals surface area contributed by atoms with Crippen LogP contribution in [0, 0.1) is 5.92 Å². The van der Waals surface area contributed by atoms with Crippen LogP contribution in [0.5, 0.6) is 0 Å². The Hall–Kier alpha value is -0.600. The third-order valence-electron chi connectivity index (χ3n) is 4.53. The van der Waals surface area contributed by atoms with Gasteiger partial charge in [-0.05, 0) is 12.0 Å². The van der Waals surface area contributed by atoms with E-state index < -0.39 is 0 Å². The monoisotopic (exact) mass is 266 g/mol. The van der Waals surface area contributed by atoms with E-state index in [0.29, 0.717) is 18.0 Å².